The molecule has 2 aromatic carbocycles. The third-order valence-corrected chi connectivity index (χ3v) is 5.52. The number of rotatable bonds is 6. The Morgan fingerprint density at radius 2 is 1.60 bits per heavy atom. The molecule has 0 radical (unpaired) electrons. The van der Waals surface area contributed by atoms with Gasteiger partial charge in [0.05, 0.1) is 16.8 Å². The highest BCUT2D eigenvalue weighted by Crippen LogP contribution is 2.26. The van der Waals surface area contributed by atoms with Gasteiger partial charge in [-0.15, -0.1) is 10.2 Å². The van der Waals surface area contributed by atoms with Crippen LogP contribution >= 0.6 is 0 Å². The molecule has 1 N–H and O–H groups in total. The molecular formula is C25H20N6O4. The van der Waals surface area contributed by atoms with Gasteiger partial charge in [-0.3, -0.25) is 19.3 Å². The number of imide groups is 1. The predicted octanol–water partition coefficient (Wildman–Crippen LogP) is 3.39. The number of benzene rings is 2. The second-order valence-corrected chi connectivity index (χ2v) is 7.95. The molecule has 0 fully saturated rings. The fraction of sp³-hybridized carbons (Fsp3) is 0.120. The lowest BCUT2D eigenvalue weighted by Gasteiger charge is -2.21. The Hall–Kier alpha value is -4.86. The van der Waals surface area contributed by atoms with Crippen LogP contribution < -0.4 is 10.1 Å². The van der Waals surface area contributed by atoms with Crippen LogP contribution in [0.3, 0.4) is 0 Å². The summed E-state index contributed by atoms with van der Waals surface area (Å²) in [5.74, 6) is -0.0835. The van der Waals surface area contributed by atoms with Gasteiger partial charge in [0.15, 0.2) is 5.82 Å². The molecule has 10 nitrogen and oxygen atoms in total. The van der Waals surface area contributed by atoms with Gasteiger partial charge in [0.1, 0.15) is 11.8 Å². The van der Waals surface area contributed by atoms with Gasteiger partial charge >= 0.3 is 0 Å². The molecule has 35 heavy (non-hydrogen) atoms. The van der Waals surface area contributed by atoms with Crippen LogP contribution in [0.2, 0.25) is 0 Å². The minimum absolute atomic E-state index is 0.300. The van der Waals surface area contributed by atoms with E-state index in [-0.39, 0.29) is 0 Å². The number of nitrogens with zero attached hydrogens (tertiary/aromatic N) is 5. The Kier molecular flexibility index (Phi) is 5.54. The maximum atomic E-state index is 12.8. The van der Waals surface area contributed by atoms with Crippen molar-refractivity contribution >= 4 is 23.4 Å². The quantitative estimate of drug-likeness (QED) is 0.431. The van der Waals surface area contributed by atoms with Crippen molar-refractivity contribution in [3.8, 4) is 17.4 Å². The third-order valence-electron chi connectivity index (χ3n) is 5.52. The molecule has 0 spiro atoms. The summed E-state index contributed by atoms with van der Waals surface area (Å²) in [6, 6.07) is 17.5. The van der Waals surface area contributed by atoms with E-state index in [1.165, 1.54) is 6.92 Å². The van der Waals surface area contributed by atoms with Crippen LogP contribution in [-0.4, -0.2) is 48.6 Å². The van der Waals surface area contributed by atoms with Crippen molar-refractivity contribution < 1.29 is 19.1 Å². The minimum Gasteiger partial charge on any atom is -0.438 e. The molecule has 174 valence electrons. The van der Waals surface area contributed by atoms with Crippen molar-refractivity contribution in [2.45, 2.75) is 19.9 Å². The summed E-state index contributed by atoms with van der Waals surface area (Å²) in [5.41, 5.74) is 1.96. The average Bonchev–Trinajstić information content (AvgIpc) is 3.41. The first-order valence-electron chi connectivity index (χ1n) is 10.8. The van der Waals surface area contributed by atoms with Crippen LogP contribution in [0.1, 0.15) is 33.3 Å². The molecule has 0 aliphatic carbocycles. The van der Waals surface area contributed by atoms with Gasteiger partial charge in [-0.2, -0.15) is 5.10 Å². The van der Waals surface area contributed by atoms with E-state index in [1.807, 2.05) is 13.0 Å². The fourth-order valence-corrected chi connectivity index (χ4v) is 3.68. The van der Waals surface area contributed by atoms with Crippen molar-refractivity contribution in [2.24, 2.45) is 0 Å². The molecule has 4 aromatic rings. The first-order valence-corrected chi connectivity index (χ1v) is 10.8. The molecule has 1 aliphatic rings. The van der Waals surface area contributed by atoms with E-state index in [9.17, 15) is 14.4 Å². The van der Waals surface area contributed by atoms with E-state index in [4.69, 9.17) is 4.74 Å². The predicted molar refractivity (Wildman–Crippen MR) is 125 cm³/mol. The highest BCUT2D eigenvalue weighted by molar-refractivity contribution is 6.23. The zero-order chi connectivity index (χ0) is 24.5. The summed E-state index contributed by atoms with van der Waals surface area (Å²) < 4.78 is 7.33. The smallest absolute Gasteiger partial charge is 0.262 e. The Morgan fingerprint density at radius 3 is 2.17 bits per heavy atom. The lowest BCUT2D eigenvalue weighted by molar-refractivity contribution is -0.119. The lowest BCUT2D eigenvalue weighted by atomic mass is 10.1. The SMILES string of the molecule is Cc1ccn(-c2ccc(Oc3ccc(NC(=O)C(C)N4C(=O)c5ccccc5C4=O)cc3)nn2)n1. The third kappa shape index (κ3) is 4.24. The second-order valence-electron chi connectivity index (χ2n) is 7.95. The molecule has 5 rings (SSSR count). The number of ether oxygens (including phenoxy) is 1. The number of anilines is 1. The number of hydrogen-bond acceptors (Lipinski definition) is 7. The Morgan fingerprint density at radius 1 is 0.914 bits per heavy atom. The Labute approximate surface area is 200 Å². The van der Waals surface area contributed by atoms with Gasteiger partial charge in [-0.25, -0.2) is 4.68 Å². The van der Waals surface area contributed by atoms with Crippen molar-refractivity contribution in [2.75, 3.05) is 5.32 Å². The highest BCUT2D eigenvalue weighted by atomic mass is 16.5. The first-order chi connectivity index (χ1) is 16.9. The van der Waals surface area contributed by atoms with E-state index in [0.717, 1.165) is 10.6 Å². The standard InChI is InChI=1S/C25H20N6O4/c1-15-13-14-30(29-15)21-11-12-22(28-27-21)35-18-9-7-17(8-10-18)26-23(32)16(2)31-24(33)19-5-3-4-6-20(19)25(31)34/h3-14,16H,1-2H3,(H,26,32). The number of carbonyl (C=O) groups is 3. The molecule has 1 unspecified atom stereocenters. The zero-order valence-corrected chi connectivity index (χ0v) is 18.9. The molecule has 1 aliphatic heterocycles. The number of hydrogen-bond donors (Lipinski definition) is 1. The summed E-state index contributed by atoms with van der Waals surface area (Å²) in [6.07, 6.45) is 1.79. The van der Waals surface area contributed by atoms with E-state index >= 15 is 0 Å². The Balaban J connectivity index is 1.21. The molecule has 3 heterocycles. The first kappa shape index (κ1) is 22.0. The summed E-state index contributed by atoms with van der Waals surface area (Å²) >= 11 is 0. The number of amides is 3. The topological polar surface area (TPSA) is 119 Å². The molecular weight excluding hydrogens is 448 g/mol. The van der Waals surface area contributed by atoms with Crippen LogP contribution in [0.4, 0.5) is 5.69 Å². The van der Waals surface area contributed by atoms with Crippen LogP contribution in [0.5, 0.6) is 11.6 Å². The molecule has 10 heteroatoms. The van der Waals surface area contributed by atoms with Gasteiger partial charge in [0.25, 0.3) is 11.8 Å². The summed E-state index contributed by atoms with van der Waals surface area (Å²) in [7, 11) is 0. The number of carbonyl (C=O) groups excluding carboxylic acids is 3. The van der Waals surface area contributed by atoms with Gasteiger partial charge < -0.3 is 10.1 Å². The van der Waals surface area contributed by atoms with Gasteiger partial charge in [-0.1, -0.05) is 12.1 Å². The molecule has 1 atom stereocenters. The monoisotopic (exact) mass is 468 g/mol. The second kappa shape index (κ2) is 8.82. The highest BCUT2D eigenvalue weighted by Gasteiger charge is 2.40. The normalized spacial score (nSPS) is 13.5. The van der Waals surface area contributed by atoms with Gasteiger partial charge in [-0.05, 0) is 62.4 Å². The molecule has 0 saturated heterocycles. The number of fused-ring (bicyclic) bond motifs is 1. The number of aromatic nitrogens is 4. The van der Waals surface area contributed by atoms with E-state index in [0.29, 0.717) is 34.3 Å². The van der Waals surface area contributed by atoms with E-state index in [2.05, 4.69) is 20.6 Å². The average molecular weight is 468 g/mol. The molecule has 3 amide bonds. The van der Waals surface area contributed by atoms with Crippen LogP contribution in [0.25, 0.3) is 5.82 Å². The van der Waals surface area contributed by atoms with Crippen molar-refractivity contribution in [1.29, 1.82) is 0 Å². The maximum absolute atomic E-state index is 12.8. The number of aryl methyl sites for hydroxylation is 1. The largest absolute Gasteiger partial charge is 0.438 e. The maximum Gasteiger partial charge on any atom is 0.262 e. The van der Waals surface area contributed by atoms with Crippen LogP contribution in [0.15, 0.2) is 72.9 Å². The molecule has 0 saturated carbocycles. The van der Waals surface area contributed by atoms with E-state index in [1.54, 1.807) is 71.5 Å². The fourth-order valence-electron chi connectivity index (χ4n) is 3.68. The van der Waals surface area contributed by atoms with Gasteiger partial charge in [0, 0.05) is 18.0 Å². The van der Waals surface area contributed by atoms with Gasteiger partial charge in [0.2, 0.25) is 11.8 Å². The lowest BCUT2D eigenvalue weighted by Crippen LogP contribution is -2.45. The number of nitrogens with one attached hydrogen (secondary N) is 1. The van der Waals surface area contributed by atoms with Crippen LogP contribution in [-0.2, 0) is 4.79 Å². The van der Waals surface area contributed by atoms with Crippen molar-refractivity contribution in [3.05, 3.63) is 89.7 Å². The van der Waals surface area contributed by atoms with Crippen LogP contribution in [0, 0.1) is 6.92 Å². The molecule has 2 aromatic heterocycles. The zero-order valence-electron chi connectivity index (χ0n) is 18.9. The van der Waals surface area contributed by atoms with Crippen molar-refractivity contribution in [3.63, 3.8) is 0 Å². The van der Waals surface area contributed by atoms with Crippen molar-refractivity contribution in [1.82, 2.24) is 24.9 Å². The molecule has 0 bridgehead atoms. The Bertz CT molecular complexity index is 1390. The minimum atomic E-state index is -0.981. The summed E-state index contributed by atoms with van der Waals surface area (Å²) in [6.45, 7) is 3.40. The summed E-state index contributed by atoms with van der Waals surface area (Å²) in [5, 5.41) is 15.2. The van der Waals surface area contributed by atoms with E-state index < -0.39 is 23.8 Å². The summed E-state index contributed by atoms with van der Waals surface area (Å²) in [4.78, 5) is 39.0.